The fraction of sp³-hybridized carbons (Fsp3) is 0.643. The predicted molar refractivity (Wildman–Crippen MR) is 77.2 cm³/mol. The quantitative estimate of drug-likeness (QED) is 0.841. The van der Waals surface area contributed by atoms with Gasteiger partial charge in [0.2, 0.25) is 0 Å². The first-order valence-corrected chi connectivity index (χ1v) is 7.41. The minimum atomic E-state index is -0.219. The van der Waals surface area contributed by atoms with Crippen LogP contribution >= 0.6 is 0 Å². The average molecular weight is 276 g/mol. The summed E-state index contributed by atoms with van der Waals surface area (Å²) in [4.78, 5) is 29.6. The fourth-order valence-electron chi connectivity index (χ4n) is 3.01. The second kappa shape index (κ2) is 4.92. The number of aromatic nitrogens is 4. The van der Waals surface area contributed by atoms with Gasteiger partial charge in [-0.2, -0.15) is 0 Å². The topological polar surface area (TPSA) is 61.8 Å². The standard InChI is InChI=1S/C14H20N4O2/c1-3-7-17-12-11(16-9-5-6-10(16)15-12)13(19)18(8-4-2)14(17)20/h3-9H2,1-2H3. The van der Waals surface area contributed by atoms with Gasteiger partial charge in [-0.25, -0.2) is 9.78 Å². The minimum Gasteiger partial charge on any atom is -0.322 e. The highest BCUT2D eigenvalue weighted by Crippen LogP contribution is 2.19. The van der Waals surface area contributed by atoms with Crippen molar-refractivity contribution in [2.45, 2.75) is 59.2 Å². The van der Waals surface area contributed by atoms with Crippen LogP contribution in [0, 0.1) is 0 Å². The third-order valence-electron chi connectivity index (χ3n) is 3.87. The largest absolute Gasteiger partial charge is 0.332 e. The minimum absolute atomic E-state index is 0.181. The molecule has 0 fully saturated rings. The summed E-state index contributed by atoms with van der Waals surface area (Å²) in [6.45, 7) is 5.91. The van der Waals surface area contributed by atoms with Gasteiger partial charge in [0, 0.05) is 26.1 Å². The molecule has 1 aliphatic rings. The number of hydrogen-bond acceptors (Lipinski definition) is 3. The Morgan fingerprint density at radius 1 is 1.10 bits per heavy atom. The lowest BCUT2D eigenvalue weighted by atomic mass is 10.3. The van der Waals surface area contributed by atoms with Gasteiger partial charge >= 0.3 is 5.69 Å². The maximum absolute atomic E-state index is 12.6. The zero-order chi connectivity index (χ0) is 14.3. The molecule has 6 heteroatoms. The van der Waals surface area contributed by atoms with Gasteiger partial charge in [-0.05, 0) is 19.3 Å². The maximum atomic E-state index is 12.6. The van der Waals surface area contributed by atoms with Crippen LogP contribution in [0.4, 0.5) is 0 Å². The summed E-state index contributed by atoms with van der Waals surface area (Å²) in [5.41, 5.74) is 0.783. The van der Waals surface area contributed by atoms with Crippen molar-refractivity contribution < 1.29 is 0 Å². The molecule has 0 atom stereocenters. The molecule has 0 aliphatic carbocycles. The highest BCUT2D eigenvalue weighted by Gasteiger charge is 2.23. The Labute approximate surface area is 116 Å². The third kappa shape index (κ3) is 1.74. The molecule has 0 spiro atoms. The zero-order valence-electron chi connectivity index (χ0n) is 12.1. The number of aryl methyl sites for hydroxylation is 3. The number of nitrogens with zero attached hydrogens (tertiary/aromatic N) is 4. The normalized spacial score (nSPS) is 14.1. The number of rotatable bonds is 4. The molecule has 20 heavy (non-hydrogen) atoms. The third-order valence-corrected chi connectivity index (χ3v) is 3.87. The van der Waals surface area contributed by atoms with E-state index in [9.17, 15) is 9.59 Å². The van der Waals surface area contributed by atoms with Crippen molar-refractivity contribution >= 4 is 11.2 Å². The fourth-order valence-corrected chi connectivity index (χ4v) is 3.01. The van der Waals surface area contributed by atoms with E-state index in [1.165, 1.54) is 4.57 Å². The van der Waals surface area contributed by atoms with E-state index in [-0.39, 0.29) is 11.2 Å². The molecule has 6 nitrogen and oxygen atoms in total. The summed E-state index contributed by atoms with van der Waals surface area (Å²) in [6, 6.07) is 0. The van der Waals surface area contributed by atoms with Crippen molar-refractivity contribution in [1.29, 1.82) is 0 Å². The molecule has 0 radical (unpaired) electrons. The Morgan fingerprint density at radius 3 is 2.50 bits per heavy atom. The van der Waals surface area contributed by atoms with E-state index in [2.05, 4.69) is 4.98 Å². The summed E-state index contributed by atoms with van der Waals surface area (Å²) in [6.07, 6.45) is 3.54. The van der Waals surface area contributed by atoms with Gasteiger partial charge in [-0.15, -0.1) is 0 Å². The van der Waals surface area contributed by atoms with Crippen molar-refractivity contribution in [2.75, 3.05) is 0 Å². The van der Waals surface area contributed by atoms with E-state index in [0.29, 0.717) is 24.3 Å². The molecule has 3 heterocycles. The smallest absolute Gasteiger partial charge is 0.322 e. The summed E-state index contributed by atoms with van der Waals surface area (Å²) in [7, 11) is 0. The molecular formula is C14H20N4O2. The second-order valence-electron chi connectivity index (χ2n) is 5.35. The van der Waals surface area contributed by atoms with E-state index in [1.54, 1.807) is 4.57 Å². The summed E-state index contributed by atoms with van der Waals surface area (Å²) in [5.74, 6) is 0.940. The Balaban J connectivity index is 2.41. The highest BCUT2D eigenvalue weighted by atomic mass is 16.2. The number of hydrogen-bond donors (Lipinski definition) is 0. The van der Waals surface area contributed by atoms with Gasteiger partial charge in [-0.1, -0.05) is 13.8 Å². The van der Waals surface area contributed by atoms with Crippen LogP contribution < -0.4 is 11.2 Å². The van der Waals surface area contributed by atoms with Crippen molar-refractivity contribution in [1.82, 2.24) is 18.7 Å². The second-order valence-corrected chi connectivity index (χ2v) is 5.35. The van der Waals surface area contributed by atoms with Crippen molar-refractivity contribution in [2.24, 2.45) is 0 Å². The molecule has 0 bridgehead atoms. The lowest BCUT2D eigenvalue weighted by Gasteiger charge is -2.10. The first kappa shape index (κ1) is 13.1. The SMILES string of the molecule is CCCn1c(=O)c2c(nc3n2CCC3)n(CCC)c1=O. The van der Waals surface area contributed by atoms with Crippen molar-refractivity contribution in [3.05, 3.63) is 26.7 Å². The van der Waals surface area contributed by atoms with Crippen molar-refractivity contribution in [3.8, 4) is 0 Å². The monoisotopic (exact) mass is 276 g/mol. The van der Waals surface area contributed by atoms with Crippen LogP contribution in [0.15, 0.2) is 9.59 Å². The summed E-state index contributed by atoms with van der Waals surface area (Å²) >= 11 is 0. The molecule has 1 aliphatic heterocycles. The summed E-state index contributed by atoms with van der Waals surface area (Å²) < 4.78 is 5.03. The van der Waals surface area contributed by atoms with Crippen LogP contribution in [0.5, 0.6) is 0 Å². The van der Waals surface area contributed by atoms with Gasteiger partial charge in [0.25, 0.3) is 5.56 Å². The Hall–Kier alpha value is -1.85. The molecule has 3 rings (SSSR count). The molecule has 0 N–H and O–H groups in total. The maximum Gasteiger partial charge on any atom is 0.332 e. The van der Waals surface area contributed by atoms with E-state index in [4.69, 9.17) is 0 Å². The average Bonchev–Trinajstić information content (AvgIpc) is 2.99. The number of imidazole rings is 1. The van der Waals surface area contributed by atoms with Gasteiger partial charge < -0.3 is 4.57 Å². The van der Waals surface area contributed by atoms with Crippen LogP contribution in [0.3, 0.4) is 0 Å². The Kier molecular flexibility index (Phi) is 3.23. The van der Waals surface area contributed by atoms with E-state index in [0.717, 1.165) is 38.1 Å². The van der Waals surface area contributed by atoms with Crippen molar-refractivity contribution in [3.63, 3.8) is 0 Å². The zero-order valence-corrected chi connectivity index (χ0v) is 12.1. The van der Waals surface area contributed by atoms with Gasteiger partial charge in [0.05, 0.1) is 0 Å². The number of fused-ring (bicyclic) bond motifs is 3. The molecule has 0 saturated carbocycles. The van der Waals surface area contributed by atoms with Gasteiger partial charge in [-0.3, -0.25) is 13.9 Å². The lowest BCUT2D eigenvalue weighted by molar-refractivity contribution is 0.553. The first-order chi connectivity index (χ1) is 9.69. The lowest BCUT2D eigenvalue weighted by Crippen LogP contribution is -2.40. The van der Waals surface area contributed by atoms with Crippen LogP contribution in [0.25, 0.3) is 11.2 Å². The van der Waals surface area contributed by atoms with Gasteiger partial charge in [0.1, 0.15) is 5.82 Å². The molecule has 2 aromatic heterocycles. The molecule has 108 valence electrons. The first-order valence-electron chi connectivity index (χ1n) is 7.41. The van der Waals surface area contributed by atoms with Gasteiger partial charge in [0.15, 0.2) is 11.2 Å². The molecule has 0 unspecified atom stereocenters. The van der Waals surface area contributed by atoms with Crippen LogP contribution in [-0.2, 0) is 26.1 Å². The van der Waals surface area contributed by atoms with Crippen LogP contribution in [0.1, 0.15) is 38.9 Å². The summed E-state index contributed by atoms with van der Waals surface area (Å²) in [5, 5.41) is 0. The molecule has 0 aromatic carbocycles. The molecule has 0 saturated heterocycles. The van der Waals surface area contributed by atoms with E-state index >= 15 is 0 Å². The Morgan fingerprint density at radius 2 is 1.80 bits per heavy atom. The molecule has 0 amide bonds. The van der Waals surface area contributed by atoms with E-state index < -0.39 is 0 Å². The van der Waals surface area contributed by atoms with E-state index in [1.807, 2.05) is 18.4 Å². The molecular weight excluding hydrogens is 256 g/mol. The predicted octanol–water partition coefficient (Wildman–Crippen LogP) is 1.13. The van der Waals surface area contributed by atoms with Crippen LogP contribution in [-0.4, -0.2) is 18.7 Å². The molecule has 2 aromatic rings. The highest BCUT2D eigenvalue weighted by molar-refractivity contribution is 5.71. The van der Waals surface area contributed by atoms with Crippen LogP contribution in [0.2, 0.25) is 0 Å². The Bertz CT molecular complexity index is 766.